The van der Waals surface area contributed by atoms with Crippen molar-refractivity contribution in [1.82, 2.24) is 24.6 Å². The SMILES string of the molecule is Cc1cc(NC(=O)c2cnn(-c3ccc(C4CC4)cn3)c2C)cnc1[C@H]1CC[C@@H](N2CCOCC2)CC1. The van der Waals surface area contributed by atoms with Gasteiger partial charge in [-0.15, -0.1) is 0 Å². The van der Waals surface area contributed by atoms with Crippen LogP contribution in [0.25, 0.3) is 5.82 Å². The van der Waals surface area contributed by atoms with Gasteiger partial charge in [-0.1, -0.05) is 6.07 Å². The lowest BCUT2D eigenvalue weighted by atomic mass is 9.82. The summed E-state index contributed by atoms with van der Waals surface area (Å²) in [5.74, 6) is 1.70. The molecular formula is C29H36N6O2. The highest BCUT2D eigenvalue weighted by Gasteiger charge is 2.29. The van der Waals surface area contributed by atoms with Gasteiger partial charge in [0.1, 0.15) is 0 Å². The maximum Gasteiger partial charge on any atom is 0.259 e. The van der Waals surface area contributed by atoms with Crippen LogP contribution in [0, 0.1) is 13.8 Å². The monoisotopic (exact) mass is 500 g/mol. The normalized spacial score (nSPS) is 22.6. The number of morpholine rings is 1. The molecule has 0 atom stereocenters. The van der Waals surface area contributed by atoms with Crippen molar-refractivity contribution in [3.8, 4) is 5.82 Å². The number of nitrogens with zero attached hydrogens (tertiary/aromatic N) is 5. The lowest BCUT2D eigenvalue weighted by Crippen LogP contribution is -2.44. The molecule has 6 rings (SSSR count). The van der Waals surface area contributed by atoms with E-state index in [0.717, 1.165) is 56.2 Å². The van der Waals surface area contributed by atoms with Gasteiger partial charge in [0.2, 0.25) is 0 Å². The van der Waals surface area contributed by atoms with E-state index in [1.165, 1.54) is 36.9 Å². The molecule has 194 valence electrons. The number of pyridine rings is 2. The summed E-state index contributed by atoms with van der Waals surface area (Å²) in [5, 5.41) is 7.46. The zero-order valence-electron chi connectivity index (χ0n) is 21.8. The molecule has 8 heteroatoms. The van der Waals surface area contributed by atoms with Gasteiger partial charge in [-0.05, 0) is 81.5 Å². The molecule has 37 heavy (non-hydrogen) atoms. The van der Waals surface area contributed by atoms with Crippen LogP contribution in [0.2, 0.25) is 0 Å². The van der Waals surface area contributed by atoms with E-state index in [-0.39, 0.29) is 5.91 Å². The summed E-state index contributed by atoms with van der Waals surface area (Å²) in [7, 11) is 0. The van der Waals surface area contributed by atoms with Gasteiger partial charge in [0.05, 0.1) is 42.6 Å². The quantitative estimate of drug-likeness (QED) is 0.525. The minimum Gasteiger partial charge on any atom is -0.379 e. The Kier molecular flexibility index (Phi) is 6.78. The third-order valence-electron chi connectivity index (χ3n) is 8.31. The Balaban J connectivity index is 1.09. The van der Waals surface area contributed by atoms with Gasteiger partial charge < -0.3 is 10.1 Å². The zero-order valence-corrected chi connectivity index (χ0v) is 21.8. The molecule has 4 heterocycles. The highest BCUT2D eigenvalue weighted by Crippen LogP contribution is 2.39. The fraction of sp³-hybridized carbons (Fsp3) is 0.517. The van der Waals surface area contributed by atoms with Crippen molar-refractivity contribution in [2.45, 2.75) is 70.3 Å². The van der Waals surface area contributed by atoms with Crippen LogP contribution in [0.1, 0.15) is 83.2 Å². The summed E-state index contributed by atoms with van der Waals surface area (Å²) >= 11 is 0. The van der Waals surface area contributed by atoms with Crippen molar-refractivity contribution in [3.05, 3.63) is 64.9 Å². The molecule has 1 amide bonds. The molecule has 0 aromatic carbocycles. The van der Waals surface area contributed by atoms with Crippen LogP contribution in [-0.2, 0) is 4.74 Å². The van der Waals surface area contributed by atoms with Gasteiger partial charge in [-0.25, -0.2) is 9.67 Å². The van der Waals surface area contributed by atoms with Crippen LogP contribution in [0.5, 0.6) is 0 Å². The number of carbonyl (C=O) groups excluding carboxylic acids is 1. The van der Waals surface area contributed by atoms with Crippen molar-refractivity contribution >= 4 is 11.6 Å². The molecule has 2 saturated carbocycles. The average molecular weight is 501 g/mol. The van der Waals surface area contributed by atoms with Crippen molar-refractivity contribution in [2.75, 3.05) is 31.6 Å². The van der Waals surface area contributed by atoms with E-state index in [9.17, 15) is 4.79 Å². The zero-order chi connectivity index (χ0) is 25.4. The molecule has 1 saturated heterocycles. The predicted molar refractivity (Wildman–Crippen MR) is 142 cm³/mol. The predicted octanol–water partition coefficient (Wildman–Crippen LogP) is 4.77. The fourth-order valence-corrected chi connectivity index (χ4v) is 5.98. The van der Waals surface area contributed by atoms with Crippen molar-refractivity contribution < 1.29 is 9.53 Å². The first kappa shape index (κ1) is 24.2. The molecule has 0 bridgehead atoms. The molecule has 0 unspecified atom stereocenters. The van der Waals surface area contributed by atoms with Gasteiger partial charge in [0.15, 0.2) is 5.82 Å². The lowest BCUT2D eigenvalue weighted by Gasteiger charge is -2.38. The maximum absolute atomic E-state index is 13.1. The van der Waals surface area contributed by atoms with Crippen LogP contribution in [-0.4, -0.2) is 62.9 Å². The third-order valence-corrected chi connectivity index (χ3v) is 8.31. The van der Waals surface area contributed by atoms with E-state index in [4.69, 9.17) is 9.72 Å². The summed E-state index contributed by atoms with van der Waals surface area (Å²) in [6, 6.07) is 6.82. The Morgan fingerprint density at radius 1 is 0.946 bits per heavy atom. The topological polar surface area (TPSA) is 85.2 Å². The van der Waals surface area contributed by atoms with Crippen molar-refractivity contribution in [1.29, 1.82) is 0 Å². The molecular weight excluding hydrogens is 464 g/mol. The number of hydrogen-bond donors (Lipinski definition) is 1. The Labute approximate surface area is 218 Å². The average Bonchev–Trinajstić information content (AvgIpc) is 3.71. The molecule has 8 nitrogen and oxygen atoms in total. The molecule has 3 aliphatic rings. The number of hydrogen-bond acceptors (Lipinski definition) is 6. The number of rotatable bonds is 6. The Bertz CT molecular complexity index is 1250. The minimum atomic E-state index is -0.182. The number of aromatic nitrogens is 4. The van der Waals surface area contributed by atoms with Gasteiger partial charge in [0.25, 0.3) is 5.91 Å². The smallest absolute Gasteiger partial charge is 0.259 e. The number of aryl methyl sites for hydroxylation is 1. The molecule has 3 fully saturated rings. The van der Waals surface area contributed by atoms with Gasteiger partial charge >= 0.3 is 0 Å². The molecule has 0 radical (unpaired) electrons. The molecule has 2 aliphatic carbocycles. The first-order valence-electron chi connectivity index (χ1n) is 13.7. The summed E-state index contributed by atoms with van der Waals surface area (Å²) in [6.07, 6.45) is 12.6. The second-order valence-corrected chi connectivity index (χ2v) is 10.8. The minimum absolute atomic E-state index is 0.182. The third kappa shape index (κ3) is 5.18. The number of amides is 1. The number of nitrogens with one attached hydrogen (secondary N) is 1. The van der Waals surface area contributed by atoms with Crippen molar-refractivity contribution in [3.63, 3.8) is 0 Å². The van der Waals surface area contributed by atoms with Crippen LogP contribution in [0.4, 0.5) is 5.69 Å². The van der Waals surface area contributed by atoms with E-state index < -0.39 is 0 Å². The molecule has 1 aliphatic heterocycles. The Morgan fingerprint density at radius 3 is 2.38 bits per heavy atom. The van der Waals surface area contributed by atoms with Gasteiger partial charge in [-0.3, -0.25) is 14.7 Å². The largest absolute Gasteiger partial charge is 0.379 e. The summed E-state index contributed by atoms with van der Waals surface area (Å²) in [4.78, 5) is 25.1. The first-order chi connectivity index (χ1) is 18.1. The number of ether oxygens (including phenoxy) is 1. The van der Waals surface area contributed by atoms with E-state index in [2.05, 4.69) is 33.3 Å². The Morgan fingerprint density at radius 2 is 1.70 bits per heavy atom. The van der Waals surface area contributed by atoms with Crippen LogP contribution < -0.4 is 5.32 Å². The second-order valence-electron chi connectivity index (χ2n) is 10.8. The van der Waals surface area contributed by atoms with Crippen LogP contribution >= 0.6 is 0 Å². The number of carbonyl (C=O) groups is 1. The molecule has 3 aromatic rings. The standard InChI is InChI=1S/C29H36N6O2/c1-19-15-24(17-31-28(19)22-5-8-25(9-6-22)34-11-13-37-14-12-34)33-29(36)26-18-32-35(20(26)2)27-10-7-23(16-30-27)21-3-4-21/h7,10,15-18,21-22,25H,3-6,8-9,11-14H2,1-2H3,(H,33,36)/t22-,25+. The van der Waals surface area contributed by atoms with Crippen molar-refractivity contribution in [2.24, 2.45) is 0 Å². The summed E-state index contributed by atoms with van der Waals surface area (Å²) in [6.45, 7) is 7.84. The number of anilines is 1. The van der Waals surface area contributed by atoms with E-state index in [0.29, 0.717) is 29.1 Å². The summed E-state index contributed by atoms with van der Waals surface area (Å²) in [5.41, 5.74) is 5.61. The van der Waals surface area contributed by atoms with E-state index >= 15 is 0 Å². The highest BCUT2D eigenvalue weighted by atomic mass is 16.5. The molecule has 3 aromatic heterocycles. The van der Waals surface area contributed by atoms with E-state index in [1.54, 1.807) is 17.1 Å². The van der Waals surface area contributed by atoms with Gasteiger partial charge in [0, 0.05) is 36.9 Å². The maximum atomic E-state index is 13.1. The van der Waals surface area contributed by atoms with Gasteiger partial charge in [-0.2, -0.15) is 5.10 Å². The van der Waals surface area contributed by atoms with Crippen LogP contribution in [0.3, 0.4) is 0 Å². The lowest BCUT2D eigenvalue weighted by molar-refractivity contribution is 0.00720. The van der Waals surface area contributed by atoms with Crippen LogP contribution in [0.15, 0.2) is 36.8 Å². The van der Waals surface area contributed by atoms with E-state index in [1.807, 2.05) is 25.3 Å². The Hall–Kier alpha value is -3.10. The second kappa shape index (κ2) is 10.3. The molecule has 0 spiro atoms. The summed E-state index contributed by atoms with van der Waals surface area (Å²) < 4.78 is 7.24. The first-order valence-corrected chi connectivity index (χ1v) is 13.7. The fourth-order valence-electron chi connectivity index (χ4n) is 5.98. The molecule has 1 N–H and O–H groups in total. The highest BCUT2D eigenvalue weighted by molar-refractivity contribution is 6.04.